The summed E-state index contributed by atoms with van der Waals surface area (Å²) in [5.41, 5.74) is 2.75. The molecule has 0 aromatic heterocycles. The molecule has 2 heteroatoms. The highest BCUT2D eigenvalue weighted by Gasteiger charge is 2.03. The van der Waals surface area contributed by atoms with E-state index in [4.69, 9.17) is 0 Å². The smallest absolute Gasteiger partial charge is 0.0205 e. The van der Waals surface area contributed by atoms with Crippen molar-refractivity contribution in [2.45, 2.75) is 25.8 Å². The van der Waals surface area contributed by atoms with Crippen molar-refractivity contribution >= 4 is 15.9 Å². The maximum atomic E-state index is 3.51. The lowest BCUT2D eigenvalue weighted by molar-refractivity contribution is 0.594. The van der Waals surface area contributed by atoms with E-state index in [9.17, 15) is 0 Å². The fourth-order valence-corrected chi connectivity index (χ4v) is 2.37. The topological polar surface area (TPSA) is 12.0 Å². The Kier molecular flexibility index (Phi) is 5.62. The summed E-state index contributed by atoms with van der Waals surface area (Å²) in [4.78, 5) is 0. The average molecular weight is 318 g/mol. The lowest BCUT2D eigenvalue weighted by Gasteiger charge is -2.12. The van der Waals surface area contributed by atoms with Gasteiger partial charge in [-0.05, 0) is 42.1 Å². The second-order valence-corrected chi connectivity index (χ2v) is 5.82. The Hall–Kier alpha value is -1.12. The molecule has 1 N–H and O–H groups in total. The predicted molar refractivity (Wildman–Crippen MR) is 85.3 cm³/mol. The molecule has 0 fully saturated rings. The van der Waals surface area contributed by atoms with Crippen LogP contribution >= 0.6 is 15.9 Å². The van der Waals surface area contributed by atoms with Crippen molar-refractivity contribution in [2.24, 2.45) is 0 Å². The van der Waals surface area contributed by atoms with E-state index in [2.05, 4.69) is 82.8 Å². The molecule has 2 aromatic carbocycles. The second kappa shape index (κ2) is 7.46. The highest BCUT2D eigenvalue weighted by molar-refractivity contribution is 9.10. The number of halogens is 1. The molecule has 100 valence electrons. The Balaban J connectivity index is 1.71. The molecule has 0 saturated heterocycles. The molecule has 0 aliphatic heterocycles. The Morgan fingerprint density at radius 3 is 2.37 bits per heavy atom. The molecule has 1 nitrogen and oxygen atoms in total. The summed E-state index contributed by atoms with van der Waals surface area (Å²) in [6, 6.07) is 19.2. The standard InChI is InChI=1S/C17H20BrN/c1-14(16-5-3-2-4-6-16)11-12-19-13-15-7-9-17(18)10-8-15/h2-10,14,19H,11-13H2,1H3. The molecule has 0 aliphatic rings. The highest BCUT2D eigenvalue weighted by atomic mass is 79.9. The third-order valence-corrected chi connectivity index (χ3v) is 3.89. The lowest BCUT2D eigenvalue weighted by atomic mass is 9.98. The van der Waals surface area contributed by atoms with E-state index in [1.54, 1.807) is 0 Å². The van der Waals surface area contributed by atoms with Crippen LogP contribution in [-0.4, -0.2) is 6.54 Å². The minimum atomic E-state index is 0.610. The molecule has 2 aromatic rings. The van der Waals surface area contributed by atoms with Crippen LogP contribution in [0, 0.1) is 0 Å². The normalized spacial score (nSPS) is 12.3. The molecule has 0 saturated carbocycles. The Labute approximate surface area is 124 Å². The highest BCUT2D eigenvalue weighted by Crippen LogP contribution is 2.17. The van der Waals surface area contributed by atoms with E-state index in [-0.39, 0.29) is 0 Å². The van der Waals surface area contributed by atoms with Crippen LogP contribution < -0.4 is 5.32 Å². The zero-order valence-electron chi connectivity index (χ0n) is 11.3. The zero-order chi connectivity index (χ0) is 13.5. The number of benzene rings is 2. The minimum absolute atomic E-state index is 0.610. The first-order chi connectivity index (χ1) is 9.25. The number of hydrogen-bond donors (Lipinski definition) is 1. The van der Waals surface area contributed by atoms with Gasteiger partial charge in [0, 0.05) is 11.0 Å². The largest absolute Gasteiger partial charge is 0.313 e. The van der Waals surface area contributed by atoms with Gasteiger partial charge in [0.1, 0.15) is 0 Å². The molecule has 0 heterocycles. The van der Waals surface area contributed by atoms with Gasteiger partial charge in [0.2, 0.25) is 0 Å². The Morgan fingerprint density at radius 2 is 1.68 bits per heavy atom. The van der Waals surface area contributed by atoms with Gasteiger partial charge in [-0.15, -0.1) is 0 Å². The van der Waals surface area contributed by atoms with Crippen LogP contribution in [0.2, 0.25) is 0 Å². The summed E-state index contributed by atoms with van der Waals surface area (Å²) in [6.07, 6.45) is 1.17. The van der Waals surface area contributed by atoms with Gasteiger partial charge in [0.15, 0.2) is 0 Å². The quantitative estimate of drug-likeness (QED) is 0.759. The number of hydrogen-bond acceptors (Lipinski definition) is 1. The van der Waals surface area contributed by atoms with E-state index in [1.807, 2.05) is 0 Å². The number of nitrogens with one attached hydrogen (secondary N) is 1. The minimum Gasteiger partial charge on any atom is -0.313 e. The first-order valence-corrected chi connectivity index (χ1v) is 7.55. The van der Waals surface area contributed by atoms with Gasteiger partial charge in [-0.2, -0.15) is 0 Å². The summed E-state index contributed by atoms with van der Waals surface area (Å²) < 4.78 is 1.13. The van der Waals surface area contributed by atoms with Crippen LogP contribution in [0.5, 0.6) is 0 Å². The number of rotatable bonds is 6. The van der Waals surface area contributed by atoms with E-state index in [1.165, 1.54) is 17.5 Å². The van der Waals surface area contributed by atoms with Gasteiger partial charge in [-0.1, -0.05) is 65.3 Å². The van der Waals surface area contributed by atoms with Crippen molar-refractivity contribution in [1.29, 1.82) is 0 Å². The van der Waals surface area contributed by atoms with E-state index >= 15 is 0 Å². The van der Waals surface area contributed by atoms with E-state index in [0.717, 1.165) is 17.6 Å². The van der Waals surface area contributed by atoms with Crippen molar-refractivity contribution in [1.82, 2.24) is 5.32 Å². The van der Waals surface area contributed by atoms with Crippen LogP contribution in [0.3, 0.4) is 0 Å². The van der Waals surface area contributed by atoms with Crippen molar-refractivity contribution in [3.05, 3.63) is 70.2 Å². The molecule has 0 amide bonds. The fourth-order valence-electron chi connectivity index (χ4n) is 2.10. The van der Waals surface area contributed by atoms with Crippen LogP contribution in [0.25, 0.3) is 0 Å². The molecule has 0 bridgehead atoms. The summed E-state index contributed by atoms with van der Waals surface area (Å²) in [5.74, 6) is 0.610. The molecule has 0 aliphatic carbocycles. The van der Waals surface area contributed by atoms with Gasteiger partial charge in [-0.25, -0.2) is 0 Å². The molecule has 0 radical (unpaired) electrons. The molecular formula is C17H20BrN. The van der Waals surface area contributed by atoms with Crippen LogP contribution in [0.15, 0.2) is 59.1 Å². The first-order valence-electron chi connectivity index (χ1n) is 6.76. The van der Waals surface area contributed by atoms with Crippen LogP contribution in [-0.2, 0) is 6.54 Å². The molecule has 1 unspecified atom stereocenters. The van der Waals surface area contributed by atoms with Crippen LogP contribution in [0.1, 0.15) is 30.4 Å². The summed E-state index contributed by atoms with van der Waals surface area (Å²) in [7, 11) is 0. The van der Waals surface area contributed by atoms with Gasteiger partial charge in [0.05, 0.1) is 0 Å². The van der Waals surface area contributed by atoms with Gasteiger partial charge in [-0.3, -0.25) is 0 Å². The van der Waals surface area contributed by atoms with Crippen LogP contribution in [0.4, 0.5) is 0 Å². The van der Waals surface area contributed by atoms with Gasteiger partial charge < -0.3 is 5.32 Å². The second-order valence-electron chi connectivity index (χ2n) is 4.90. The first kappa shape index (κ1) is 14.3. The summed E-state index contributed by atoms with van der Waals surface area (Å²) in [6.45, 7) is 4.28. The Morgan fingerprint density at radius 1 is 1.00 bits per heavy atom. The molecular weight excluding hydrogens is 298 g/mol. The summed E-state index contributed by atoms with van der Waals surface area (Å²) >= 11 is 3.45. The van der Waals surface area contributed by atoms with Crippen molar-refractivity contribution in [2.75, 3.05) is 6.54 Å². The van der Waals surface area contributed by atoms with Gasteiger partial charge in [0.25, 0.3) is 0 Å². The van der Waals surface area contributed by atoms with E-state index in [0.29, 0.717) is 5.92 Å². The third kappa shape index (κ3) is 4.81. The zero-order valence-corrected chi connectivity index (χ0v) is 12.9. The van der Waals surface area contributed by atoms with E-state index < -0.39 is 0 Å². The Bertz CT molecular complexity index is 478. The fraction of sp³-hybridized carbons (Fsp3) is 0.294. The van der Waals surface area contributed by atoms with Crippen molar-refractivity contribution in [3.63, 3.8) is 0 Å². The predicted octanol–water partition coefficient (Wildman–Crippen LogP) is 4.73. The van der Waals surface area contributed by atoms with Gasteiger partial charge >= 0.3 is 0 Å². The third-order valence-electron chi connectivity index (χ3n) is 3.37. The maximum absolute atomic E-state index is 3.51. The monoisotopic (exact) mass is 317 g/mol. The maximum Gasteiger partial charge on any atom is 0.0205 e. The molecule has 1 atom stereocenters. The molecule has 0 spiro atoms. The van der Waals surface area contributed by atoms with Crippen molar-refractivity contribution in [3.8, 4) is 0 Å². The molecule has 19 heavy (non-hydrogen) atoms. The lowest BCUT2D eigenvalue weighted by Crippen LogP contribution is -2.16. The SMILES string of the molecule is CC(CCNCc1ccc(Br)cc1)c1ccccc1. The molecule has 2 rings (SSSR count). The summed E-state index contributed by atoms with van der Waals surface area (Å²) in [5, 5.41) is 3.51. The average Bonchev–Trinajstić information content (AvgIpc) is 2.46. The van der Waals surface area contributed by atoms with Crippen molar-refractivity contribution < 1.29 is 0 Å².